The van der Waals surface area contributed by atoms with Gasteiger partial charge in [-0.2, -0.15) is 0 Å². The van der Waals surface area contributed by atoms with Crippen molar-refractivity contribution in [1.29, 1.82) is 0 Å². The molecule has 0 saturated carbocycles. The van der Waals surface area contributed by atoms with Crippen LogP contribution in [0.15, 0.2) is 41.8 Å². The number of amides is 3. The highest BCUT2D eigenvalue weighted by molar-refractivity contribution is 7.10. The van der Waals surface area contributed by atoms with E-state index in [0.717, 1.165) is 16.0 Å². The number of rotatable bonds is 7. The normalized spacial score (nSPS) is 11.8. The molecule has 25 heavy (non-hydrogen) atoms. The minimum atomic E-state index is -0.250. The van der Waals surface area contributed by atoms with Gasteiger partial charge in [-0.3, -0.25) is 4.79 Å². The predicted octanol–water partition coefficient (Wildman–Crippen LogP) is 3.22. The molecule has 3 N–H and O–H groups in total. The molecule has 1 atom stereocenters. The first-order valence-electron chi connectivity index (χ1n) is 8.40. The SMILES string of the molecule is Cc1ccccc1[C@H](NC(=O)NCCNC(=O)C(C)C)c1cccs1. The maximum atomic E-state index is 12.3. The molecule has 2 aromatic rings. The van der Waals surface area contributed by atoms with Crippen molar-refractivity contribution in [2.24, 2.45) is 5.92 Å². The maximum absolute atomic E-state index is 12.3. The van der Waals surface area contributed by atoms with E-state index in [2.05, 4.69) is 16.0 Å². The lowest BCUT2D eigenvalue weighted by atomic mass is 10.0. The average Bonchev–Trinajstić information content (AvgIpc) is 3.11. The Balaban J connectivity index is 1.95. The average molecular weight is 359 g/mol. The Labute approximate surface area is 152 Å². The lowest BCUT2D eigenvalue weighted by molar-refractivity contribution is -0.123. The second-order valence-electron chi connectivity index (χ2n) is 6.15. The fourth-order valence-electron chi connectivity index (χ4n) is 2.42. The van der Waals surface area contributed by atoms with E-state index >= 15 is 0 Å². The summed E-state index contributed by atoms with van der Waals surface area (Å²) in [6.45, 7) is 6.51. The van der Waals surface area contributed by atoms with Crippen LogP contribution in [0.25, 0.3) is 0 Å². The number of carbonyl (C=O) groups is 2. The zero-order valence-electron chi connectivity index (χ0n) is 14.8. The molecule has 0 fully saturated rings. The molecule has 6 heteroatoms. The first kappa shape index (κ1) is 19.0. The van der Waals surface area contributed by atoms with E-state index < -0.39 is 0 Å². The van der Waals surface area contributed by atoms with Crippen molar-refractivity contribution in [3.8, 4) is 0 Å². The van der Waals surface area contributed by atoms with Gasteiger partial charge in [0.2, 0.25) is 5.91 Å². The van der Waals surface area contributed by atoms with Crippen molar-refractivity contribution in [2.75, 3.05) is 13.1 Å². The summed E-state index contributed by atoms with van der Waals surface area (Å²) in [6, 6.07) is 11.6. The number of hydrogen-bond acceptors (Lipinski definition) is 3. The maximum Gasteiger partial charge on any atom is 0.315 e. The van der Waals surface area contributed by atoms with Crippen LogP contribution in [0.1, 0.15) is 35.9 Å². The van der Waals surface area contributed by atoms with Crippen LogP contribution >= 0.6 is 11.3 Å². The summed E-state index contributed by atoms with van der Waals surface area (Å²) in [6.07, 6.45) is 0. The standard InChI is InChI=1S/C19H25N3O2S/c1-13(2)18(23)20-10-11-21-19(24)22-17(16-9-6-12-25-16)15-8-5-4-7-14(15)3/h4-9,12-13,17H,10-11H2,1-3H3,(H,20,23)(H2,21,22,24)/t17-/m0/s1. The van der Waals surface area contributed by atoms with Gasteiger partial charge in [0.05, 0.1) is 6.04 Å². The Morgan fingerprint density at radius 2 is 1.76 bits per heavy atom. The molecular weight excluding hydrogens is 334 g/mol. The minimum Gasteiger partial charge on any atom is -0.354 e. The number of hydrogen-bond donors (Lipinski definition) is 3. The van der Waals surface area contributed by atoms with E-state index in [1.54, 1.807) is 11.3 Å². The van der Waals surface area contributed by atoms with Gasteiger partial charge in [-0.25, -0.2) is 4.79 Å². The Kier molecular flexibility index (Phi) is 7.01. The van der Waals surface area contributed by atoms with Crippen molar-refractivity contribution < 1.29 is 9.59 Å². The smallest absolute Gasteiger partial charge is 0.315 e. The summed E-state index contributed by atoms with van der Waals surface area (Å²) in [5.41, 5.74) is 2.21. The molecule has 1 aromatic heterocycles. The third-order valence-corrected chi connectivity index (χ3v) is 4.77. The van der Waals surface area contributed by atoms with Gasteiger partial charge in [-0.05, 0) is 29.5 Å². The first-order valence-corrected chi connectivity index (χ1v) is 9.28. The monoisotopic (exact) mass is 359 g/mol. The number of nitrogens with one attached hydrogen (secondary N) is 3. The van der Waals surface area contributed by atoms with Crippen molar-refractivity contribution in [3.05, 3.63) is 57.8 Å². The third-order valence-electron chi connectivity index (χ3n) is 3.84. The Bertz CT molecular complexity index is 698. The molecule has 1 heterocycles. The molecule has 0 aliphatic heterocycles. The first-order chi connectivity index (χ1) is 12.0. The summed E-state index contributed by atoms with van der Waals surface area (Å²) < 4.78 is 0. The summed E-state index contributed by atoms with van der Waals surface area (Å²) >= 11 is 1.61. The largest absolute Gasteiger partial charge is 0.354 e. The Morgan fingerprint density at radius 1 is 1.04 bits per heavy atom. The number of carbonyl (C=O) groups excluding carboxylic acids is 2. The molecule has 0 saturated heterocycles. The number of aryl methyl sites for hydroxylation is 1. The van der Waals surface area contributed by atoms with Crippen LogP contribution in [0.5, 0.6) is 0 Å². The topological polar surface area (TPSA) is 70.2 Å². The number of urea groups is 1. The summed E-state index contributed by atoms with van der Waals surface area (Å²) in [4.78, 5) is 24.9. The molecule has 3 amide bonds. The fraction of sp³-hybridized carbons (Fsp3) is 0.368. The molecule has 2 rings (SSSR count). The molecular formula is C19H25N3O2S. The van der Waals surface area contributed by atoms with E-state index in [4.69, 9.17) is 0 Å². The molecule has 0 bridgehead atoms. The molecule has 0 aliphatic carbocycles. The lowest BCUT2D eigenvalue weighted by Gasteiger charge is -2.20. The van der Waals surface area contributed by atoms with Crippen LogP contribution in [0.2, 0.25) is 0 Å². The van der Waals surface area contributed by atoms with E-state index in [9.17, 15) is 9.59 Å². The van der Waals surface area contributed by atoms with Crippen LogP contribution < -0.4 is 16.0 Å². The zero-order chi connectivity index (χ0) is 18.2. The van der Waals surface area contributed by atoms with Crippen LogP contribution in [0.4, 0.5) is 4.79 Å². The van der Waals surface area contributed by atoms with Crippen LogP contribution in [-0.4, -0.2) is 25.0 Å². The van der Waals surface area contributed by atoms with Gasteiger partial charge >= 0.3 is 6.03 Å². The van der Waals surface area contributed by atoms with E-state index in [0.29, 0.717) is 13.1 Å². The van der Waals surface area contributed by atoms with Crippen LogP contribution in [0.3, 0.4) is 0 Å². The molecule has 1 aromatic carbocycles. The number of thiophene rings is 1. The van der Waals surface area contributed by atoms with Gasteiger partial charge in [0, 0.05) is 23.9 Å². The molecule has 0 radical (unpaired) electrons. The third kappa shape index (κ3) is 5.60. The predicted molar refractivity (Wildman–Crippen MR) is 102 cm³/mol. The Morgan fingerprint density at radius 3 is 2.40 bits per heavy atom. The quantitative estimate of drug-likeness (QED) is 0.664. The van der Waals surface area contributed by atoms with Crippen LogP contribution in [0, 0.1) is 12.8 Å². The zero-order valence-corrected chi connectivity index (χ0v) is 15.7. The summed E-state index contributed by atoms with van der Waals surface area (Å²) in [5.74, 6) is -0.0725. The van der Waals surface area contributed by atoms with Gasteiger partial charge in [-0.1, -0.05) is 44.2 Å². The van der Waals surface area contributed by atoms with E-state index in [1.165, 1.54) is 0 Å². The van der Waals surface area contributed by atoms with Gasteiger partial charge < -0.3 is 16.0 Å². The second kappa shape index (κ2) is 9.22. The molecule has 0 spiro atoms. The second-order valence-corrected chi connectivity index (χ2v) is 7.13. The Hall–Kier alpha value is -2.34. The highest BCUT2D eigenvalue weighted by Crippen LogP contribution is 2.28. The lowest BCUT2D eigenvalue weighted by Crippen LogP contribution is -2.42. The van der Waals surface area contributed by atoms with Gasteiger partial charge in [0.1, 0.15) is 0 Å². The summed E-state index contributed by atoms with van der Waals surface area (Å²) in [7, 11) is 0. The molecule has 0 aliphatic rings. The van der Waals surface area contributed by atoms with Crippen molar-refractivity contribution in [2.45, 2.75) is 26.8 Å². The highest BCUT2D eigenvalue weighted by atomic mass is 32.1. The van der Waals surface area contributed by atoms with Gasteiger partial charge in [0.15, 0.2) is 0 Å². The van der Waals surface area contributed by atoms with Crippen molar-refractivity contribution in [1.82, 2.24) is 16.0 Å². The van der Waals surface area contributed by atoms with Crippen molar-refractivity contribution >= 4 is 23.3 Å². The number of benzene rings is 1. The van der Waals surface area contributed by atoms with Gasteiger partial charge in [0.25, 0.3) is 0 Å². The van der Waals surface area contributed by atoms with Crippen molar-refractivity contribution in [3.63, 3.8) is 0 Å². The van der Waals surface area contributed by atoms with Crippen LogP contribution in [-0.2, 0) is 4.79 Å². The molecule has 5 nitrogen and oxygen atoms in total. The van der Waals surface area contributed by atoms with E-state index in [1.807, 2.05) is 62.5 Å². The summed E-state index contributed by atoms with van der Waals surface area (Å²) in [5, 5.41) is 10.6. The minimum absolute atomic E-state index is 0.0152. The molecule has 134 valence electrons. The van der Waals surface area contributed by atoms with Gasteiger partial charge in [-0.15, -0.1) is 11.3 Å². The molecule has 0 unspecified atom stereocenters. The van der Waals surface area contributed by atoms with E-state index in [-0.39, 0.29) is 23.9 Å². The highest BCUT2D eigenvalue weighted by Gasteiger charge is 2.19. The fourth-order valence-corrected chi connectivity index (χ4v) is 3.21.